The third kappa shape index (κ3) is 5.26. The van der Waals surface area contributed by atoms with E-state index in [-0.39, 0.29) is 11.7 Å². The van der Waals surface area contributed by atoms with Crippen molar-refractivity contribution < 1.29 is 27.1 Å². The van der Waals surface area contributed by atoms with E-state index >= 15 is 0 Å². The van der Waals surface area contributed by atoms with Gasteiger partial charge in [0.15, 0.2) is 0 Å². The average Bonchev–Trinajstić information content (AvgIpc) is 2.66. The Morgan fingerprint density at radius 1 is 1.07 bits per heavy atom. The molecule has 2 aromatic carbocycles. The van der Waals surface area contributed by atoms with E-state index in [9.17, 15) is 22.4 Å². The molecule has 0 radical (unpaired) electrons. The maximum absolute atomic E-state index is 13.7. The second-order valence-corrected chi connectivity index (χ2v) is 6.98. The summed E-state index contributed by atoms with van der Waals surface area (Å²) in [5.41, 5.74) is 6.12. The second-order valence-electron chi connectivity index (χ2n) is 6.98. The van der Waals surface area contributed by atoms with Crippen molar-refractivity contribution in [3.8, 4) is 11.5 Å². The molecule has 8 heteroatoms. The lowest BCUT2D eigenvalue weighted by Gasteiger charge is -2.29. The summed E-state index contributed by atoms with van der Waals surface area (Å²) in [5, 5.41) is 0. The molecule has 1 amide bonds. The number of fused-ring (bicyclic) bond motifs is 1. The van der Waals surface area contributed by atoms with Gasteiger partial charge in [-0.05, 0) is 61.2 Å². The van der Waals surface area contributed by atoms with Crippen LogP contribution in [0.15, 0.2) is 36.4 Å². The molecular weight excluding hydrogens is 388 g/mol. The van der Waals surface area contributed by atoms with Gasteiger partial charge in [-0.2, -0.15) is 13.2 Å². The lowest BCUT2D eigenvalue weighted by Crippen LogP contribution is -2.35. The van der Waals surface area contributed by atoms with E-state index in [1.54, 1.807) is 17.0 Å². The van der Waals surface area contributed by atoms with Gasteiger partial charge in [-0.1, -0.05) is 6.07 Å². The lowest BCUT2D eigenvalue weighted by molar-refractivity contribution is -0.140. The first-order valence-electron chi connectivity index (χ1n) is 9.42. The molecule has 3 rings (SSSR count). The fraction of sp³-hybridized carbons (Fsp3) is 0.381. The van der Waals surface area contributed by atoms with E-state index in [0.717, 1.165) is 36.1 Å². The molecule has 1 aliphatic heterocycles. The monoisotopic (exact) mass is 410 g/mol. The molecular formula is C21H22F4N2O2. The van der Waals surface area contributed by atoms with Crippen LogP contribution in [-0.4, -0.2) is 23.9 Å². The average molecular weight is 410 g/mol. The summed E-state index contributed by atoms with van der Waals surface area (Å²) in [4.78, 5) is 14.1. The van der Waals surface area contributed by atoms with E-state index in [1.165, 1.54) is 0 Å². The number of benzene rings is 2. The van der Waals surface area contributed by atoms with E-state index in [1.807, 2.05) is 6.07 Å². The number of unbranched alkanes of at least 4 members (excludes halogenated alkanes) is 1. The lowest BCUT2D eigenvalue weighted by atomic mass is 9.99. The van der Waals surface area contributed by atoms with Crippen molar-refractivity contribution in [2.45, 2.75) is 38.4 Å². The minimum absolute atomic E-state index is 0.0269. The van der Waals surface area contributed by atoms with Crippen molar-refractivity contribution >= 4 is 5.91 Å². The van der Waals surface area contributed by atoms with E-state index < -0.39 is 17.6 Å². The Labute approximate surface area is 166 Å². The molecule has 0 atom stereocenters. The minimum Gasteiger partial charge on any atom is -0.457 e. The first-order valence-corrected chi connectivity index (χ1v) is 9.42. The first-order chi connectivity index (χ1) is 13.8. The zero-order valence-corrected chi connectivity index (χ0v) is 15.8. The summed E-state index contributed by atoms with van der Waals surface area (Å²) < 4.78 is 57.3. The molecule has 0 saturated heterocycles. The summed E-state index contributed by atoms with van der Waals surface area (Å²) >= 11 is 0. The molecule has 0 aliphatic carbocycles. The van der Waals surface area contributed by atoms with Gasteiger partial charge >= 0.3 is 6.18 Å². The van der Waals surface area contributed by atoms with Gasteiger partial charge in [0.1, 0.15) is 17.3 Å². The van der Waals surface area contributed by atoms with Crippen LogP contribution < -0.4 is 10.5 Å². The van der Waals surface area contributed by atoms with Crippen LogP contribution in [0.1, 0.15) is 36.0 Å². The van der Waals surface area contributed by atoms with Crippen LogP contribution >= 0.6 is 0 Å². The zero-order valence-electron chi connectivity index (χ0n) is 15.8. The van der Waals surface area contributed by atoms with Gasteiger partial charge in [-0.25, -0.2) is 4.39 Å². The van der Waals surface area contributed by atoms with Gasteiger partial charge in [0, 0.05) is 25.6 Å². The topological polar surface area (TPSA) is 55.6 Å². The Morgan fingerprint density at radius 3 is 2.48 bits per heavy atom. The van der Waals surface area contributed by atoms with E-state index in [0.29, 0.717) is 44.3 Å². The predicted octanol–water partition coefficient (Wildman–Crippen LogP) is 4.65. The van der Waals surface area contributed by atoms with E-state index in [2.05, 4.69) is 0 Å². The SMILES string of the molecule is NCCCCC(=O)N1CCc2ccc(Oc3ccc(C(F)(F)F)c(F)c3)cc2C1. The number of ether oxygens (including phenoxy) is 1. The van der Waals surface area contributed by atoms with Crippen LogP contribution in [0.4, 0.5) is 17.6 Å². The zero-order chi connectivity index (χ0) is 21.0. The van der Waals surface area contributed by atoms with Crippen LogP contribution in [0.3, 0.4) is 0 Å². The van der Waals surface area contributed by atoms with Crippen LogP contribution in [0.2, 0.25) is 0 Å². The number of carbonyl (C=O) groups excluding carboxylic acids is 1. The van der Waals surface area contributed by atoms with Gasteiger partial charge in [-0.3, -0.25) is 4.79 Å². The van der Waals surface area contributed by atoms with Crippen molar-refractivity contribution in [3.63, 3.8) is 0 Å². The minimum atomic E-state index is -4.76. The van der Waals surface area contributed by atoms with Gasteiger partial charge in [-0.15, -0.1) is 0 Å². The molecule has 0 saturated carbocycles. The Kier molecular flexibility index (Phi) is 6.42. The third-order valence-electron chi connectivity index (χ3n) is 4.87. The fourth-order valence-electron chi connectivity index (χ4n) is 3.31. The molecule has 2 aromatic rings. The number of amides is 1. The standard InChI is InChI=1S/C21H22F4N2O2/c22-19-12-17(6-7-18(19)21(23,24)25)29-16-5-4-14-8-10-27(13-15(14)11-16)20(28)3-1-2-9-26/h4-7,11-12H,1-3,8-10,13,26H2. The highest BCUT2D eigenvalue weighted by Gasteiger charge is 2.34. The van der Waals surface area contributed by atoms with Crippen LogP contribution in [0.25, 0.3) is 0 Å². The van der Waals surface area contributed by atoms with Gasteiger partial charge < -0.3 is 15.4 Å². The summed E-state index contributed by atoms with van der Waals surface area (Å²) in [7, 11) is 0. The molecule has 4 nitrogen and oxygen atoms in total. The maximum atomic E-state index is 13.7. The van der Waals surface area contributed by atoms with Crippen molar-refractivity contribution in [2.75, 3.05) is 13.1 Å². The summed E-state index contributed by atoms with van der Waals surface area (Å²) in [6.07, 6.45) is -2.03. The predicted molar refractivity (Wildman–Crippen MR) is 99.9 cm³/mol. The van der Waals surface area contributed by atoms with Gasteiger partial charge in [0.2, 0.25) is 5.91 Å². The van der Waals surface area contributed by atoms with Crippen molar-refractivity contribution in [2.24, 2.45) is 5.73 Å². The number of rotatable bonds is 6. The van der Waals surface area contributed by atoms with Crippen LogP contribution in [0, 0.1) is 5.82 Å². The van der Waals surface area contributed by atoms with Gasteiger partial charge in [0.05, 0.1) is 5.56 Å². The molecule has 0 spiro atoms. The number of nitrogens with two attached hydrogens (primary N) is 1. The Hall–Kier alpha value is -2.61. The molecule has 156 valence electrons. The molecule has 29 heavy (non-hydrogen) atoms. The Bertz CT molecular complexity index is 883. The number of hydrogen-bond acceptors (Lipinski definition) is 3. The smallest absolute Gasteiger partial charge is 0.419 e. The molecule has 0 bridgehead atoms. The van der Waals surface area contributed by atoms with Crippen molar-refractivity contribution in [1.82, 2.24) is 4.90 Å². The Morgan fingerprint density at radius 2 is 1.79 bits per heavy atom. The number of halogens is 4. The highest BCUT2D eigenvalue weighted by Crippen LogP contribution is 2.34. The normalized spacial score (nSPS) is 13.9. The second kappa shape index (κ2) is 8.82. The summed E-state index contributed by atoms with van der Waals surface area (Å²) in [5.74, 6) is -0.969. The molecule has 0 unspecified atom stereocenters. The fourth-order valence-corrected chi connectivity index (χ4v) is 3.31. The summed E-state index contributed by atoms with van der Waals surface area (Å²) in [6.45, 7) is 1.63. The largest absolute Gasteiger partial charge is 0.457 e. The van der Waals surface area contributed by atoms with Crippen LogP contribution in [-0.2, 0) is 23.9 Å². The highest BCUT2D eigenvalue weighted by atomic mass is 19.4. The van der Waals surface area contributed by atoms with Crippen LogP contribution in [0.5, 0.6) is 11.5 Å². The highest BCUT2D eigenvalue weighted by molar-refractivity contribution is 5.76. The number of nitrogens with zero attached hydrogens (tertiary/aromatic N) is 1. The molecule has 1 aliphatic rings. The first kappa shape index (κ1) is 21.1. The number of hydrogen-bond donors (Lipinski definition) is 1. The van der Waals surface area contributed by atoms with Crippen molar-refractivity contribution in [3.05, 3.63) is 58.9 Å². The van der Waals surface area contributed by atoms with Crippen molar-refractivity contribution in [1.29, 1.82) is 0 Å². The number of alkyl halides is 3. The molecule has 2 N–H and O–H groups in total. The van der Waals surface area contributed by atoms with Gasteiger partial charge in [0.25, 0.3) is 0 Å². The molecule has 1 heterocycles. The summed E-state index contributed by atoms with van der Waals surface area (Å²) in [6, 6.07) is 7.75. The van der Waals surface area contributed by atoms with E-state index in [4.69, 9.17) is 10.5 Å². The Balaban J connectivity index is 1.70. The third-order valence-corrected chi connectivity index (χ3v) is 4.87. The maximum Gasteiger partial charge on any atom is 0.419 e. The molecule has 0 aromatic heterocycles. The number of carbonyl (C=O) groups is 1. The quantitative estimate of drug-likeness (QED) is 0.557. The molecule has 0 fully saturated rings.